The zero-order valence-electron chi connectivity index (χ0n) is 27.6. The van der Waals surface area contributed by atoms with Crippen molar-refractivity contribution in [2.24, 2.45) is 18.9 Å². The number of aromatic nitrogens is 2. The summed E-state index contributed by atoms with van der Waals surface area (Å²) in [7, 11) is -2.69. The maximum atomic E-state index is 15.4. The number of rotatable bonds is 7. The predicted octanol–water partition coefficient (Wildman–Crippen LogP) is 2.98. The second-order valence-corrected chi connectivity index (χ2v) is 15.0. The van der Waals surface area contributed by atoms with Gasteiger partial charge in [0, 0.05) is 30.5 Å². The molecule has 4 amide bonds. The highest BCUT2D eigenvalue weighted by Crippen LogP contribution is 2.43. The van der Waals surface area contributed by atoms with Crippen LogP contribution < -0.4 is 25.4 Å². The molecule has 1 aromatic heterocycles. The van der Waals surface area contributed by atoms with Gasteiger partial charge in [0.05, 0.1) is 11.0 Å². The minimum atomic E-state index is -4.34. The van der Waals surface area contributed by atoms with Crippen LogP contribution in [0.3, 0.4) is 0 Å². The fraction of sp³-hybridized carbons (Fsp3) is 0.250. The molecule has 3 unspecified atom stereocenters. The van der Waals surface area contributed by atoms with Crippen LogP contribution in [0.25, 0.3) is 32.9 Å². The second kappa shape index (κ2) is 12.0. The highest BCUT2D eigenvalue weighted by atomic mass is 32.2. The van der Waals surface area contributed by atoms with Crippen LogP contribution in [0, 0.1) is 17.7 Å². The number of fused-ring (bicyclic) bond motifs is 2. The van der Waals surface area contributed by atoms with E-state index in [4.69, 9.17) is 0 Å². The third kappa shape index (κ3) is 5.64. The van der Waals surface area contributed by atoms with Gasteiger partial charge in [-0.25, -0.2) is 18.2 Å². The third-order valence-electron chi connectivity index (χ3n) is 10.0. The van der Waals surface area contributed by atoms with Gasteiger partial charge in [-0.3, -0.25) is 33.6 Å². The Labute approximate surface area is 295 Å². The monoisotopic (exact) mass is 726 g/mol. The number of amides is 4. The van der Waals surface area contributed by atoms with E-state index in [1.807, 2.05) is 42.5 Å². The summed E-state index contributed by atoms with van der Waals surface area (Å²) >= 11 is 0. The number of nitrogens with one attached hydrogen (secondary N) is 3. The Morgan fingerprint density at radius 3 is 2.42 bits per heavy atom. The first-order valence-electron chi connectivity index (χ1n) is 16.5. The fourth-order valence-electron chi connectivity index (χ4n) is 7.24. The van der Waals surface area contributed by atoms with Crippen molar-refractivity contribution < 1.29 is 37.1 Å². The molecule has 8 rings (SSSR count). The van der Waals surface area contributed by atoms with Crippen LogP contribution in [0.4, 0.5) is 15.8 Å². The Hall–Kier alpha value is -6.03. The summed E-state index contributed by atoms with van der Waals surface area (Å²) in [4.78, 5) is 62.0. The SMILES string of the molecule is Cn1c(=O)n(C2CCC(=O)NC2=O)c2ccc(-c3ccc(CC4CC4C(=O)Nc4ccc5c(F)c(N6CC(=O)NS6(=O)=O)c(O)cc5c4)cc3)cc21. The maximum absolute atomic E-state index is 15.4. The summed E-state index contributed by atoms with van der Waals surface area (Å²) < 4.78 is 45.0. The summed E-state index contributed by atoms with van der Waals surface area (Å²) in [6.07, 6.45) is 1.79. The van der Waals surface area contributed by atoms with Crippen LogP contribution in [0.15, 0.2) is 71.5 Å². The van der Waals surface area contributed by atoms with E-state index in [1.165, 1.54) is 33.4 Å². The second-order valence-electron chi connectivity index (χ2n) is 13.4. The molecule has 5 aromatic rings. The van der Waals surface area contributed by atoms with Gasteiger partial charge in [-0.1, -0.05) is 30.3 Å². The molecular weight excluding hydrogens is 695 g/mol. The lowest BCUT2D eigenvalue weighted by Gasteiger charge is -2.21. The summed E-state index contributed by atoms with van der Waals surface area (Å²) in [5, 5.41) is 15.9. The molecule has 266 valence electrons. The first kappa shape index (κ1) is 33.1. The van der Waals surface area contributed by atoms with Gasteiger partial charge >= 0.3 is 15.9 Å². The molecule has 0 spiro atoms. The minimum absolute atomic E-state index is 0.00249. The molecule has 14 nitrogen and oxygen atoms in total. The normalized spacial score (nSPS) is 21.0. The quantitative estimate of drug-likeness (QED) is 0.184. The smallest absolute Gasteiger partial charge is 0.329 e. The van der Waals surface area contributed by atoms with Crippen LogP contribution in [0.1, 0.15) is 30.9 Å². The fourth-order valence-corrected chi connectivity index (χ4v) is 8.40. The van der Waals surface area contributed by atoms with Crippen molar-refractivity contribution in [1.29, 1.82) is 0 Å². The number of aromatic hydroxyl groups is 1. The molecule has 52 heavy (non-hydrogen) atoms. The van der Waals surface area contributed by atoms with Gasteiger partial charge in [-0.2, -0.15) is 8.42 Å². The topological polar surface area (TPSA) is 189 Å². The molecule has 3 aliphatic rings. The van der Waals surface area contributed by atoms with Crippen LogP contribution in [0.5, 0.6) is 5.75 Å². The number of piperidine rings is 1. The summed E-state index contributed by atoms with van der Waals surface area (Å²) in [5.74, 6) is -3.68. The molecule has 3 atom stereocenters. The summed E-state index contributed by atoms with van der Waals surface area (Å²) in [6.45, 7) is -0.663. The molecule has 3 heterocycles. The Balaban J connectivity index is 0.927. The van der Waals surface area contributed by atoms with Crippen LogP contribution >= 0.6 is 0 Å². The molecule has 1 aliphatic carbocycles. The number of carbonyl (C=O) groups is 4. The Bertz CT molecular complexity index is 2560. The lowest BCUT2D eigenvalue weighted by Crippen LogP contribution is -2.44. The summed E-state index contributed by atoms with van der Waals surface area (Å²) in [5.41, 5.74) is 3.53. The van der Waals surface area contributed by atoms with E-state index >= 15 is 4.39 Å². The van der Waals surface area contributed by atoms with E-state index in [0.717, 1.165) is 16.7 Å². The number of imidazole rings is 1. The number of imide groups is 1. The lowest BCUT2D eigenvalue weighted by molar-refractivity contribution is -0.135. The van der Waals surface area contributed by atoms with E-state index in [0.29, 0.717) is 33.9 Å². The van der Waals surface area contributed by atoms with Crippen molar-refractivity contribution >= 4 is 67.0 Å². The molecule has 1 saturated carbocycles. The lowest BCUT2D eigenvalue weighted by atomic mass is 10.0. The van der Waals surface area contributed by atoms with E-state index in [1.54, 1.807) is 11.8 Å². The number of hydrogen-bond donors (Lipinski definition) is 4. The van der Waals surface area contributed by atoms with Gasteiger partial charge in [0.2, 0.25) is 17.7 Å². The average Bonchev–Trinajstić information content (AvgIpc) is 3.75. The van der Waals surface area contributed by atoms with Gasteiger partial charge in [0.25, 0.3) is 5.91 Å². The van der Waals surface area contributed by atoms with Crippen LogP contribution in [0.2, 0.25) is 0 Å². The number of aryl methyl sites for hydroxylation is 1. The number of phenolic OH excluding ortho intramolecular Hbond substituents is 1. The van der Waals surface area contributed by atoms with Crippen molar-refractivity contribution in [3.63, 3.8) is 0 Å². The highest BCUT2D eigenvalue weighted by Gasteiger charge is 2.43. The zero-order chi connectivity index (χ0) is 36.6. The first-order chi connectivity index (χ1) is 24.8. The molecule has 4 N–H and O–H groups in total. The number of hydrogen-bond acceptors (Lipinski definition) is 8. The molecule has 4 aromatic carbocycles. The maximum Gasteiger partial charge on any atom is 0.329 e. The number of benzene rings is 4. The molecule has 3 fully saturated rings. The number of anilines is 2. The van der Waals surface area contributed by atoms with Crippen LogP contribution in [-0.4, -0.2) is 52.8 Å². The van der Waals surface area contributed by atoms with E-state index in [-0.39, 0.29) is 53.0 Å². The number of carbonyl (C=O) groups excluding carboxylic acids is 4. The number of nitrogens with zero attached hydrogens (tertiary/aromatic N) is 3. The van der Waals surface area contributed by atoms with Crippen molar-refractivity contribution in [1.82, 2.24) is 19.2 Å². The highest BCUT2D eigenvalue weighted by molar-refractivity contribution is 7.92. The van der Waals surface area contributed by atoms with Gasteiger partial charge in [0.15, 0.2) is 5.82 Å². The molecule has 0 radical (unpaired) electrons. The minimum Gasteiger partial charge on any atom is -0.506 e. The third-order valence-corrected chi connectivity index (χ3v) is 11.4. The van der Waals surface area contributed by atoms with Gasteiger partial charge in [0.1, 0.15) is 24.0 Å². The molecule has 2 saturated heterocycles. The average molecular weight is 727 g/mol. The van der Waals surface area contributed by atoms with Gasteiger partial charge < -0.3 is 10.4 Å². The molecule has 16 heteroatoms. The Morgan fingerprint density at radius 1 is 0.962 bits per heavy atom. The Kier molecular flexibility index (Phi) is 7.67. The standard InChI is InChI=1S/C36H31FN6O8S/c1-41-28-15-20(6-9-26(28)43(36(41)49)27-10-11-30(45)39-35(27)48)19-4-2-18(3-5-19)12-21-14-25(21)34(47)38-23-7-8-24-22(13-23)16-29(44)33(32(24)37)42-17-31(46)40-52(42,50)51/h2-9,13,15-16,21,25,27,44H,10-12,14,17H2,1H3,(H,38,47)(H,40,46)(H,39,45,48). The summed E-state index contributed by atoms with van der Waals surface area (Å²) in [6, 6.07) is 18.3. The number of halogens is 1. The largest absolute Gasteiger partial charge is 0.506 e. The van der Waals surface area contributed by atoms with E-state index in [2.05, 4.69) is 10.6 Å². The predicted molar refractivity (Wildman–Crippen MR) is 188 cm³/mol. The zero-order valence-corrected chi connectivity index (χ0v) is 28.4. The van der Waals surface area contributed by atoms with Crippen molar-refractivity contribution in [3.8, 4) is 16.9 Å². The van der Waals surface area contributed by atoms with Crippen molar-refractivity contribution in [2.45, 2.75) is 31.7 Å². The van der Waals surface area contributed by atoms with Gasteiger partial charge in [-0.05, 0) is 83.7 Å². The Morgan fingerprint density at radius 2 is 1.71 bits per heavy atom. The van der Waals surface area contributed by atoms with E-state index in [9.17, 15) is 37.5 Å². The van der Waals surface area contributed by atoms with Crippen molar-refractivity contribution in [3.05, 3.63) is 88.6 Å². The van der Waals surface area contributed by atoms with Crippen molar-refractivity contribution in [2.75, 3.05) is 16.2 Å². The number of phenols is 1. The molecule has 2 aliphatic heterocycles. The molecule has 0 bridgehead atoms. The van der Waals surface area contributed by atoms with E-state index < -0.39 is 51.9 Å². The first-order valence-corrected chi connectivity index (χ1v) is 18.0. The molecular formula is C36H31FN6O8S. The van der Waals surface area contributed by atoms with Gasteiger partial charge in [-0.15, -0.1) is 0 Å². The van der Waals surface area contributed by atoms with Crippen LogP contribution in [-0.2, 0) is 42.9 Å².